The van der Waals surface area contributed by atoms with Crippen LogP contribution in [0.2, 0.25) is 5.02 Å². The molecule has 0 unspecified atom stereocenters. The number of aryl methyl sites for hydroxylation is 1. The highest BCUT2D eigenvalue weighted by Gasteiger charge is 2.14. The van der Waals surface area contributed by atoms with E-state index in [9.17, 15) is 4.79 Å². The Morgan fingerprint density at radius 1 is 1.19 bits per heavy atom. The van der Waals surface area contributed by atoms with Crippen LogP contribution in [0.1, 0.15) is 18.1 Å². The second kappa shape index (κ2) is 7.14. The number of halogens is 1. The fraction of sp³-hybridized carbons (Fsp3) is 0.235. The van der Waals surface area contributed by atoms with Gasteiger partial charge in [-0.15, -0.1) is 0 Å². The van der Waals surface area contributed by atoms with Gasteiger partial charge in [0.25, 0.3) is 5.91 Å². The van der Waals surface area contributed by atoms with Gasteiger partial charge in [-0.1, -0.05) is 47.5 Å². The number of hydrogen-bond donors (Lipinski definition) is 1. The summed E-state index contributed by atoms with van der Waals surface area (Å²) in [5.41, 5.74) is 2.04. The smallest absolute Gasteiger partial charge is 0.261 e. The van der Waals surface area contributed by atoms with Crippen molar-refractivity contribution in [3.63, 3.8) is 0 Å². The maximum absolute atomic E-state index is 12.0. The molecule has 0 saturated carbocycles. The van der Waals surface area contributed by atoms with Crippen LogP contribution < -0.4 is 10.1 Å². The minimum Gasteiger partial charge on any atom is -0.481 e. The number of hydrogen-bond acceptors (Lipinski definition) is 2. The molecule has 1 amide bonds. The molecule has 0 bridgehead atoms. The lowest BCUT2D eigenvalue weighted by atomic mass is 10.2. The lowest BCUT2D eigenvalue weighted by molar-refractivity contribution is -0.127. The Hall–Kier alpha value is -2.00. The molecule has 2 aromatic carbocycles. The van der Waals surface area contributed by atoms with Crippen LogP contribution in [-0.2, 0) is 11.3 Å². The molecule has 1 N–H and O–H groups in total. The predicted octanol–water partition coefficient (Wildman–Crippen LogP) is 3.73. The van der Waals surface area contributed by atoms with Crippen LogP contribution in [0.25, 0.3) is 0 Å². The van der Waals surface area contributed by atoms with E-state index < -0.39 is 6.10 Å². The van der Waals surface area contributed by atoms with E-state index in [0.717, 1.165) is 11.1 Å². The van der Waals surface area contributed by atoms with E-state index in [1.807, 2.05) is 49.4 Å². The van der Waals surface area contributed by atoms with E-state index in [1.54, 1.807) is 13.0 Å². The number of carbonyl (C=O) groups excluding carboxylic acids is 1. The van der Waals surface area contributed by atoms with E-state index in [-0.39, 0.29) is 5.91 Å². The Kier molecular flexibility index (Phi) is 5.23. The van der Waals surface area contributed by atoms with Gasteiger partial charge in [0, 0.05) is 11.6 Å². The average molecular weight is 304 g/mol. The van der Waals surface area contributed by atoms with Crippen molar-refractivity contribution in [2.45, 2.75) is 26.5 Å². The Labute approximate surface area is 129 Å². The molecule has 21 heavy (non-hydrogen) atoms. The molecule has 0 spiro atoms. The molecule has 0 aromatic heterocycles. The van der Waals surface area contributed by atoms with Crippen molar-refractivity contribution in [2.75, 3.05) is 0 Å². The third-order valence-electron chi connectivity index (χ3n) is 3.11. The number of rotatable bonds is 5. The van der Waals surface area contributed by atoms with Crippen molar-refractivity contribution in [3.8, 4) is 5.75 Å². The van der Waals surface area contributed by atoms with Gasteiger partial charge in [0.2, 0.25) is 0 Å². The van der Waals surface area contributed by atoms with Gasteiger partial charge in [0.1, 0.15) is 5.75 Å². The Bertz CT molecular complexity index is 610. The topological polar surface area (TPSA) is 38.3 Å². The molecule has 3 nitrogen and oxygen atoms in total. The molecule has 2 rings (SSSR count). The van der Waals surface area contributed by atoms with Crippen molar-refractivity contribution < 1.29 is 9.53 Å². The average Bonchev–Trinajstić information content (AvgIpc) is 2.48. The summed E-state index contributed by atoms with van der Waals surface area (Å²) in [5, 5.41) is 3.47. The van der Waals surface area contributed by atoms with Gasteiger partial charge in [0.05, 0.1) is 0 Å². The molecule has 0 radical (unpaired) electrons. The molecule has 110 valence electrons. The quantitative estimate of drug-likeness (QED) is 0.914. The summed E-state index contributed by atoms with van der Waals surface area (Å²) in [4.78, 5) is 12.0. The molecule has 0 aliphatic heterocycles. The lowest BCUT2D eigenvalue weighted by Crippen LogP contribution is -2.35. The minimum absolute atomic E-state index is 0.171. The van der Waals surface area contributed by atoms with Gasteiger partial charge in [-0.05, 0) is 37.6 Å². The van der Waals surface area contributed by atoms with Crippen LogP contribution in [0, 0.1) is 6.92 Å². The van der Waals surface area contributed by atoms with Crippen molar-refractivity contribution >= 4 is 17.5 Å². The molecular weight excluding hydrogens is 286 g/mol. The van der Waals surface area contributed by atoms with Crippen LogP contribution >= 0.6 is 11.6 Å². The molecule has 0 aliphatic carbocycles. The van der Waals surface area contributed by atoms with Gasteiger partial charge >= 0.3 is 0 Å². The zero-order valence-electron chi connectivity index (χ0n) is 12.1. The summed E-state index contributed by atoms with van der Waals surface area (Å²) in [6, 6.07) is 15.0. The van der Waals surface area contributed by atoms with Crippen LogP contribution in [-0.4, -0.2) is 12.0 Å². The van der Waals surface area contributed by atoms with Gasteiger partial charge in [0.15, 0.2) is 6.10 Å². The maximum Gasteiger partial charge on any atom is 0.261 e. The first kappa shape index (κ1) is 15.4. The Morgan fingerprint density at radius 2 is 1.86 bits per heavy atom. The molecule has 2 aromatic rings. The zero-order chi connectivity index (χ0) is 15.2. The van der Waals surface area contributed by atoms with Crippen molar-refractivity contribution in [3.05, 3.63) is 64.7 Å². The zero-order valence-corrected chi connectivity index (χ0v) is 12.9. The van der Waals surface area contributed by atoms with E-state index in [2.05, 4.69) is 5.32 Å². The minimum atomic E-state index is -0.560. The number of nitrogens with one attached hydrogen (secondary N) is 1. The first-order chi connectivity index (χ1) is 10.1. The normalized spacial score (nSPS) is 11.8. The molecule has 0 heterocycles. The first-order valence-electron chi connectivity index (χ1n) is 6.80. The second-order valence-electron chi connectivity index (χ2n) is 4.88. The molecule has 0 saturated heterocycles. The number of carbonyl (C=O) groups is 1. The van der Waals surface area contributed by atoms with Crippen molar-refractivity contribution in [1.82, 2.24) is 5.32 Å². The Morgan fingerprint density at radius 3 is 2.52 bits per heavy atom. The molecule has 0 fully saturated rings. The van der Waals surface area contributed by atoms with Gasteiger partial charge < -0.3 is 10.1 Å². The van der Waals surface area contributed by atoms with Crippen molar-refractivity contribution in [2.24, 2.45) is 0 Å². The van der Waals surface area contributed by atoms with Gasteiger partial charge in [-0.3, -0.25) is 4.79 Å². The highest BCUT2D eigenvalue weighted by molar-refractivity contribution is 6.31. The highest BCUT2D eigenvalue weighted by Crippen LogP contribution is 2.15. The van der Waals surface area contributed by atoms with E-state index in [4.69, 9.17) is 16.3 Å². The van der Waals surface area contributed by atoms with Crippen LogP contribution in [0.5, 0.6) is 5.75 Å². The van der Waals surface area contributed by atoms with Gasteiger partial charge in [-0.2, -0.15) is 0 Å². The maximum atomic E-state index is 12.0. The summed E-state index contributed by atoms with van der Waals surface area (Å²) in [6.45, 7) is 4.12. The van der Waals surface area contributed by atoms with E-state index >= 15 is 0 Å². The monoisotopic (exact) mass is 303 g/mol. The summed E-state index contributed by atoms with van der Waals surface area (Å²) < 4.78 is 5.60. The first-order valence-corrected chi connectivity index (χ1v) is 7.18. The number of benzene rings is 2. The largest absolute Gasteiger partial charge is 0.481 e. The lowest BCUT2D eigenvalue weighted by Gasteiger charge is -2.15. The summed E-state index contributed by atoms with van der Waals surface area (Å²) in [6.07, 6.45) is -0.560. The van der Waals surface area contributed by atoms with Crippen LogP contribution in [0.15, 0.2) is 48.5 Å². The van der Waals surface area contributed by atoms with Gasteiger partial charge in [-0.25, -0.2) is 0 Å². The molecular formula is C17H18ClNO2. The summed E-state index contributed by atoms with van der Waals surface area (Å²) in [7, 11) is 0. The van der Waals surface area contributed by atoms with Crippen LogP contribution in [0.4, 0.5) is 0 Å². The fourth-order valence-corrected chi connectivity index (χ4v) is 2.04. The third kappa shape index (κ3) is 4.50. The number of ether oxygens (including phenoxy) is 1. The predicted molar refractivity (Wildman–Crippen MR) is 84.6 cm³/mol. The van der Waals surface area contributed by atoms with Crippen molar-refractivity contribution in [1.29, 1.82) is 0 Å². The Balaban J connectivity index is 1.88. The standard InChI is InChI=1S/C17H18ClNO2/c1-12-7-9-15(10-8-12)21-13(2)17(20)19-11-14-5-3-4-6-16(14)18/h3-10,13H,11H2,1-2H3,(H,19,20)/t13-/m0/s1. The SMILES string of the molecule is Cc1ccc(O[C@@H](C)C(=O)NCc2ccccc2Cl)cc1. The summed E-state index contributed by atoms with van der Waals surface area (Å²) >= 11 is 6.05. The molecule has 0 aliphatic rings. The second-order valence-corrected chi connectivity index (χ2v) is 5.29. The van der Waals surface area contributed by atoms with E-state index in [1.165, 1.54) is 0 Å². The molecule has 1 atom stereocenters. The fourth-order valence-electron chi connectivity index (χ4n) is 1.84. The highest BCUT2D eigenvalue weighted by atomic mass is 35.5. The number of amides is 1. The van der Waals surface area contributed by atoms with E-state index in [0.29, 0.717) is 17.3 Å². The molecule has 4 heteroatoms. The summed E-state index contributed by atoms with van der Waals surface area (Å²) in [5.74, 6) is 0.511. The third-order valence-corrected chi connectivity index (χ3v) is 3.48. The van der Waals surface area contributed by atoms with Crippen LogP contribution in [0.3, 0.4) is 0 Å².